The maximum absolute atomic E-state index is 12.7. The second kappa shape index (κ2) is 7.66. The lowest BCUT2D eigenvalue weighted by Gasteiger charge is -2.38. The number of piperidine rings is 2. The fourth-order valence-electron chi connectivity index (χ4n) is 4.07. The second-order valence-corrected chi connectivity index (χ2v) is 7.28. The number of esters is 1. The Morgan fingerprint density at radius 1 is 1.54 bits per heavy atom. The fourth-order valence-corrected chi connectivity index (χ4v) is 4.07. The van der Waals surface area contributed by atoms with Crippen LogP contribution in [0, 0.1) is 5.41 Å². The van der Waals surface area contributed by atoms with Gasteiger partial charge in [0.15, 0.2) is 0 Å². The van der Waals surface area contributed by atoms with Crippen molar-refractivity contribution < 1.29 is 14.1 Å². The van der Waals surface area contributed by atoms with E-state index in [1.165, 1.54) is 6.42 Å². The average molecular weight is 335 g/mol. The van der Waals surface area contributed by atoms with Gasteiger partial charge in [-0.1, -0.05) is 5.16 Å². The number of ether oxygens (including phenoxy) is 1. The van der Waals surface area contributed by atoms with E-state index in [0.717, 1.165) is 50.4 Å². The van der Waals surface area contributed by atoms with Crippen LogP contribution in [0.1, 0.15) is 50.0 Å². The summed E-state index contributed by atoms with van der Waals surface area (Å²) in [6, 6.07) is 2.05. The standard InChI is InChI=1S/C18H29N3O3/c1-3-23-17(22)18(7-5-9-21(2)13-18)11-15-10-16(20-24-15)14-6-4-8-19-12-14/h10,14,19H,3-9,11-13H2,1-2H3. The maximum atomic E-state index is 12.7. The number of rotatable bonds is 5. The Morgan fingerprint density at radius 3 is 3.12 bits per heavy atom. The molecule has 2 aliphatic rings. The summed E-state index contributed by atoms with van der Waals surface area (Å²) < 4.78 is 11.0. The summed E-state index contributed by atoms with van der Waals surface area (Å²) in [6.07, 6.45) is 4.73. The van der Waals surface area contributed by atoms with Gasteiger partial charge in [-0.05, 0) is 52.7 Å². The average Bonchev–Trinajstić information content (AvgIpc) is 3.04. The first-order chi connectivity index (χ1) is 11.6. The number of aromatic nitrogens is 1. The number of carbonyl (C=O) groups excluding carboxylic acids is 1. The Hall–Kier alpha value is -1.40. The van der Waals surface area contributed by atoms with Gasteiger partial charge in [-0.2, -0.15) is 0 Å². The van der Waals surface area contributed by atoms with Crippen LogP contribution in [0.25, 0.3) is 0 Å². The van der Waals surface area contributed by atoms with Crippen LogP contribution in [0.15, 0.2) is 10.6 Å². The first-order valence-electron chi connectivity index (χ1n) is 9.15. The van der Waals surface area contributed by atoms with Crippen molar-refractivity contribution in [2.24, 2.45) is 5.41 Å². The Labute approximate surface area is 143 Å². The highest BCUT2D eigenvalue weighted by molar-refractivity contribution is 5.77. The topological polar surface area (TPSA) is 67.6 Å². The summed E-state index contributed by atoms with van der Waals surface area (Å²) in [4.78, 5) is 14.9. The Morgan fingerprint density at radius 2 is 2.42 bits per heavy atom. The summed E-state index contributed by atoms with van der Waals surface area (Å²) >= 11 is 0. The number of hydrogen-bond donors (Lipinski definition) is 1. The van der Waals surface area contributed by atoms with Crippen molar-refractivity contribution in [3.63, 3.8) is 0 Å². The van der Waals surface area contributed by atoms with Crippen LogP contribution < -0.4 is 5.32 Å². The summed E-state index contributed by atoms with van der Waals surface area (Å²) in [7, 11) is 2.06. The molecule has 134 valence electrons. The van der Waals surface area contributed by atoms with Gasteiger partial charge >= 0.3 is 5.97 Å². The lowest BCUT2D eigenvalue weighted by molar-refractivity contribution is -0.159. The first kappa shape index (κ1) is 17.4. The zero-order valence-corrected chi connectivity index (χ0v) is 14.8. The van der Waals surface area contributed by atoms with E-state index < -0.39 is 5.41 Å². The minimum atomic E-state index is -0.509. The number of hydrogen-bond acceptors (Lipinski definition) is 6. The largest absolute Gasteiger partial charge is 0.466 e. The van der Waals surface area contributed by atoms with E-state index in [9.17, 15) is 4.79 Å². The number of nitrogens with one attached hydrogen (secondary N) is 1. The third-order valence-electron chi connectivity index (χ3n) is 5.28. The van der Waals surface area contributed by atoms with E-state index in [1.807, 2.05) is 13.0 Å². The number of carbonyl (C=O) groups is 1. The van der Waals surface area contributed by atoms with Crippen LogP contribution >= 0.6 is 0 Å². The van der Waals surface area contributed by atoms with Crippen LogP contribution in [0.3, 0.4) is 0 Å². The molecule has 2 unspecified atom stereocenters. The predicted octanol–water partition coefficient (Wildman–Crippen LogP) is 1.96. The molecule has 2 atom stereocenters. The van der Waals surface area contributed by atoms with Crippen molar-refractivity contribution in [2.75, 3.05) is 39.8 Å². The molecule has 0 amide bonds. The third-order valence-corrected chi connectivity index (χ3v) is 5.28. The maximum Gasteiger partial charge on any atom is 0.313 e. The smallest absolute Gasteiger partial charge is 0.313 e. The summed E-state index contributed by atoms with van der Waals surface area (Å²) in [6.45, 7) is 6.06. The molecule has 0 saturated carbocycles. The molecule has 6 nitrogen and oxygen atoms in total. The quantitative estimate of drug-likeness (QED) is 0.830. The normalized spacial score (nSPS) is 28.7. The van der Waals surface area contributed by atoms with E-state index in [4.69, 9.17) is 9.26 Å². The van der Waals surface area contributed by atoms with Gasteiger partial charge in [0.25, 0.3) is 0 Å². The number of likely N-dealkylation sites (tertiary alicyclic amines) is 1. The molecule has 24 heavy (non-hydrogen) atoms. The lowest BCUT2D eigenvalue weighted by Crippen LogP contribution is -2.48. The van der Waals surface area contributed by atoms with Crippen LogP contribution in [0.4, 0.5) is 0 Å². The minimum absolute atomic E-state index is 0.103. The Bertz CT molecular complexity index is 553. The molecular formula is C18H29N3O3. The van der Waals surface area contributed by atoms with E-state index in [0.29, 0.717) is 25.5 Å². The highest BCUT2D eigenvalue weighted by Gasteiger charge is 2.44. The van der Waals surface area contributed by atoms with Crippen molar-refractivity contribution in [3.05, 3.63) is 17.5 Å². The molecule has 3 rings (SSSR count). The second-order valence-electron chi connectivity index (χ2n) is 7.28. The first-order valence-corrected chi connectivity index (χ1v) is 9.15. The van der Waals surface area contributed by atoms with Crippen LogP contribution in [0.2, 0.25) is 0 Å². The molecule has 1 aromatic rings. The molecule has 6 heteroatoms. The molecule has 2 saturated heterocycles. The minimum Gasteiger partial charge on any atom is -0.466 e. The van der Waals surface area contributed by atoms with Crippen LogP contribution in [0.5, 0.6) is 0 Å². The van der Waals surface area contributed by atoms with Crippen molar-refractivity contribution in [2.45, 2.75) is 44.9 Å². The SMILES string of the molecule is CCOC(=O)C1(Cc2cc(C3CCCNC3)no2)CCCN(C)C1. The van der Waals surface area contributed by atoms with Crippen molar-refractivity contribution in [1.82, 2.24) is 15.4 Å². The molecule has 0 aromatic carbocycles. The Kier molecular flexibility index (Phi) is 5.56. The third kappa shape index (κ3) is 3.81. The summed E-state index contributed by atoms with van der Waals surface area (Å²) in [5.41, 5.74) is 0.505. The lowest BCUT2D eigenvalue weighted by atomic mass is 9.76. The van der Waals surface area contributed by atoms with E-state index in [2.05, 4.69) is 22.4 Å². The number of nitrogens with zero attached hydrogens (tertiary/aromatic N) is 2. The van der Waals surface area contributed by atoms with Gasteiger partial charge in [-0.3, -0.25) is 4.79 Å². The molecule has 0 aliphatic carbocycles. The highest BCUT2D eigenvalue weighted by Crippen LogP contribution is 2.35. The fraction of sp³-hybridized carbons (Fsp3) is 0.778. The molecule has 3 heterocycles. The monoisotopic (exact) mass is 335 g/mol. The summed E-state index contributed by atoms with van der Waals surface area (Å²) in [5, 5.41) is 7.69. The molecule has 0 radical (unpaired) electrons. The zero-order chi connectivity index (χ0) is 17.0. The van der Waals surface area contributed by atoms with E-state index >= 15 is 0 Å². The van der Waals surface area contributed by atoms with E-state index in [-0.39, 0.29) is 5.97 Å². The van der Waals surface area contributed by atoms with E-state index in [1.54, 1.807) is 0 Å². The van der Waals surface area contributed by atoms with Gasteiger partial charge in [0.2, 0.25) is 0 Å². The molecule has 1 aromatic heterocycles. The van der Waals surface area contributed by atoms with Gasteiger partial charge in [-0.15, -0.1) is 0 Å². The Balaban J connectivity index is 1.75. The highest BCUT2D eigenvalue weighted by atomic mass is 16.5. The van der Waals surface area contributed by atoms with Gasteiger partial charge in [0.1, 0.15) is 5.76 Å². The molecule has 0 spiro atoms. The molecule has 2 fully saturated rings. The van der Waals surface area contributed by atoms with Gasteiger partial charge in [-0.25, -0.2) is 0 Å². The van der Waals surface area contributed by atoms with Crippen LogP contribution in [-0.2, 0) is 16.0 Å². The molecule has 0 bridgehead atoms. The van der Waals surface area contributed by atoms with Crippen molar-refractivity contribution >= 4 is 5.97 Å². The van der Waals surface area contributed by atoms with Crippen molar-refractivity contribution in [3.8, 4) is 0 Å². The zero-order valence-electron chi connectivity index (χ0n) is 14.8. The van der Waals surface area contributed by atoms with Gasteiger partial charge in [0, 0.05) is 31.5 Å². The van der Waals surface area contributed by atoms with Gasteiger partial charge < -0.3 is 19.5 Å². The van der Waals surface area contributed by atoms with Crippen molar-refractivity contribution in [1.29, 1.82) is 0 Å². The predicted molar refractivity (Wildman–Crippen MR) is 90.8 cm³/mol. The molecular weight excluding hydrogens is 306 g/mol. The van der Waals surface area contributed by atoms with Gasteiger partial charge in [0.05, 0.1) is 17.7 Å². The molecule has 1 N–H and O–H groups in total. The molecule has 2 aliphatic heterocycles. The van der Waals surface area contributed by atoms with Crippen LogP contribution in [-0.4, -0.2) is 55.9 Å². The summed E-state index contributed by atoms with van der Waals surface area (Å²) in [5.74, 6) is 1.12.